The van der Waals surface area contributed by atoms with E-state index in [1.165, 1.54) is 18.3 Å². The number of nitrogens with zero attached hydrogens (tertiary/aromatic N) is 4. The number of hydrogen-bond donors (Lipinski definition) is 1. The van der Waals surface area contributed by atoms with E-state index in [0.717, 1.165) is 30.3 Å². The van der Waals surface area contributed by atoms with E-state index in [9.17, 15) is 23.1 Å². The molecule has 2 aromatic heterocycles. The molecule has 1 atom stereocenters. The fourth-order valence-electron chi connectivity index (χ4n) is 5.59. The zero-order valence-electron chi connectivity index (χ0n) is 24.9. The van der Waals surface area contributed by atoms with E-state index in [0.29, 0.717) is 12.7 Å². The van der Waals surface area contributed by atoms with Crippen molar-refractivity contribution in [1.29, 1.82) is 0 Å². The van der Waals surface area contributed by atoms with E-state index in [-0.39, 0.29) is 63.8 Å². The minimum atomic E-state index is -2.84. The van der Waals surface area contributed by atoms with E-state index in [2.05, 4.69) is 15.0 Å². The van der Waals surface area contributed by atoms with Gasteiger partial charge in [-0.1, -0.05) is 26.0 Å². The van der Waals surface area contributed by atoms with Crippen LogP contribution in [0.15, 0.2) is 54.7 Å². The average molecular weight is 657 g/mol. The van der Waals surface area contributed by atoms with E-state index >= 15 is 13.2 Å². The van der Waals surface area contributed by atoms with Gasteiger partial charge < -0.3 is 19.1 Å². The van der Waals surface area contributed by atoms with Crippen LogP contribution >= 0.6 is 0 Å². The van der Waals surface area contributed by atoms with Gasteiger partial charge in [-0.3, -0.25) is 0 Å². The van der Waals surface area contributed by atoms with Crippen molar-refractivity contribution in [2.24, 2.45) is 5.41 Å². The molecule has 1 fully saturated rings. The fraction of sp³-hybridized carbons (Fsp3) is 0.273. The highest BCUT2D eigenvalue weighted by molar-refractivity contribution is 5.93. The second-order valence-corrected chi connectivity index (χ2v) is 11.8. The van der Waals surface area contributed by atoms with Gasteiger partial charge in [0.2, 0.25) is 0 Å². The lowest BCUT2D eigenvalue weighted by Gasteiger charge is -2.28. The van der Waals surface area contributed by atoms with Gasteiger partial charge in [0.25, 0.3) is 6.43 Å². The molecule has 1 unspecified atom stereocenters. The summed E-state index contributed by atoms with van der Waals surface area (Å²) in [6.45, 7) is 4.01. The zero-order valence-corrected chi connectivity index (χ0v) is 24.9. The number of carboxylic acid groups (broad SMARTS) is 1. The van der Waals surface area contributed by atoms with E-state index < -0.39 is 59.3 Å². The van der Waals surface area contributed by atoms with E-state index in [1.54, 1.807) is 4.57 Å². The summed E-state index contributed by atoms with van der Waals surface area (Å²) in [7, 11) is 0. The summed E-state index contributed by atoms with van der Waals surface area (Å²) in [5, 5.41) is 9.53. The van der Waals surface area contributed by atoms with Crippen LogP contribution < -0.4 is 4.74 Å². The third-order valence-corrected chi connectivity index (χ3v) is 8.11. The lowest BCUT2D eigenvalue weighted by atomic mass is 9.87. The molecule has 0 aliphatic carbocycles. The number of carbonyl (C=O) groups is 1. The molecular weight excluding hydrogens is 630 g/mol. The smallest absolute Gasteiger partial charge is 0.335 e. The fourth-order valence-corrected chi connectivity index (χ4v) is 5.59. The molecule has 3 heterocycles. The van der Waals surface area contributed by atoms with Gasteiger partial charge in [0.15, 0.2) is 5.82 Å². The van der Waals surface area contributed by atoms with E-state index in [1.807, 2.05) is 13.8 Å². The van der Waals surface area contributed by atoms with Crippen molar-refractivity contribution < 1.29 is 45.7 Å². The Morgan fingerprint density at radius 2 is 1.77 bits per heavy atom. The molecular formula is C33H26F6N4O4. The minimum absolute atomic E-state index is 0.0392. The molecule has 5 aromatic rings. The van der Waals surface area contributed by atoms with Gasteiger partial charge in [-0.2, -0.15) is 4.98 Å². The van der Waals surface area contributed by atoms with Crippen molar-refractivity contribution in [2.75, 3.05) is 13.2 Å². The van der Waals surface area contributed by atoms with Crippen LogP contribution in [0.25, 0.3) is 22.3 Å². The number of fused-ring (bicyclic) bond motifs is 1. The maximum atomic E-state index is 15.6. The molecule has 47 heavy (non-hydrogen) atoms. The van der Waals surface area contributed by atoms with Gasteiger partial charge in [0.05, 0.1) is 36.0 Å². The minimum Gasteiger partial charge on any atom is -0.478 e. The highest BCUT2D eigenvalue weighted by Gasteiger charge is 2.39. The summed E-state index contributed by atoms with van der Waals surface area (Å²) >= 11 is 0. The second-order valence-electron chi connectivity index (χ2n) is 11.8. The predicted molar refractivity (Wildman–Crippen MR) is 156 cm³/mol. The monoisotopic (exact) mass is 656 g/mol. The Morgan fingerprint density at radius 1 is 1.00 bits per heavy atom. The van der Waals surface area contributed by atoms with Crippen LogP contribution in [0.4, 0.5) is 26.3 Å². The molecule has 0 saturated carbocycles. The SMILES string of the molecule is CC1(C)COCC1n1c(Cc2cc(F)c(-c3ccnc(OCc4ccc(C(F)F)cc4F)n3)cc2F)nc2c(F)cc(C(=O)O)cc21. The normalized spacial score (nSPS) is 15.9. The number of aromatic carboxylic acids is 1. The molecule has 0 bridgehead atoms. The molecule has 1 aliphatic heterocycles. The van der Waals surface area contributed by atoms with Crippen LogP contribution in [0, 0.1) is 28.7 Å². The summed E-state index contributed by atoms with van der Waals surface area (Å²) in [5.74, 6) is -4.61. The highest BCUT2D eigenvalue weighted by atomic mass is 19.3. The summed E-state index contributed by atoms with van der Waals surface area (Å²) in [4.78, 5) is 24.1. The Hall–Kier alpha value is -4.98. The largest absolute Gasteiger partial charge is 0.478 e. The molecule has 244 valence electrons. The summed E-state index contributed by atoms with van der Waals surface area (Å²) in [5.41, 5.74) is -1.59. The maximum Gasteiger partial charge on any atom is 0.335 e. The number of imidazole rings is 1. The number of benzene rings is 3. The predicted octanol–water partition coefficient (Wildman–Crippen LogP) is 7.45. The van der Waals surface area contributed by atoms with E-state index in [4.69, 9.17) is 9.47 Å². The highest BCUT2D eigenvalue weighted by Crippen LogP contribution is 2.41. The second kappa shape index (κ2) is 12.3. The van der Waals surface area contributed by atoms with Crippen LogP contribution in [0.5, 0.6) is 6.01 Å². The quantitative estimate of drug-likeness (QED) is 0.165. The lowest BCUT2D eigenvalue weighted by molar-refractivity contribution is 0.0696. The van der Waals surface area contributed by atoms with Gasteiger partial charge in [-0.05, 0) is 42.0 Å². The molecule has 1 aliphatic rings. The zero-order chi connectivity index (χ0) is 33.6. The molecule has 0 amide bonds. The van der Waals surface area contributed by atoms with Gasteiger partial charge in [-0.15, -0.1) is 0 Å². The first-order valence-corrected chi connectivity index (χ1v) is 14.3. The standard InChI is InChI=1S/C33H26F6N4O4/c1-33(2)15-46-14-27(33)43-26-10-19(31(44)45)9-24(37)29(26)42-28(43)11-18-8-23(36)20(12-22(18)35)25-5-6-40-32(41-25)47-13-17-4-3-16(30(38)39)7-21(17)34/h3-10,12,27,30H,11,13-15H2,1-2H3,(H,44,45). The van der Waals surface area contributed by atoms with Crippen LogP contribution in [0.3, 0.4) is 0 Å². The van der Waals surface area contributed by atoms with Gasteiger partial charge in [0.1, 0.15) is 35.4 Å². The first-order valence-electron chi connectivity index (χ1n) is 14.3. The van der Waals surface area contributed by atoms with Gasteiger partial charge in [-0.25, -0.2) is 41.1 Å². The number of aromatic nitrogens is 4. The van der Waals surface area contributed by atoms with Gasteiger partial charge in [0, 0.05) is 34.7 Å². The average Bonchev–Trinajstić information content (AvgIpc) is 3.56. The lowest BCUT2D eigenvalue weighted by Crippen LogP contribution is -2.27. The Morgan fingerprint density at radius 3 is 2.45 bits per heavy atom. The van der Waals surface area contributed by atoms with Crippen LogP contribution in [0.2, 0.25) is 0 Å². The molecule has 0 spiro atoms. The maximum absolute atomic E-state index is 15.6. The number of carboxylic acids is 1. The third kappa shape index (κ3) is 6.24. The van der Waals surface area contributed by atoms with Gasteiger partial charge >= 0.3 is 12.0 Å². The molecule has 1 N–H and O–H groups in total. The number of halogens is 6. The van der Waals surface area contributed by atoms with Crippen molar-refractivity contribution in [2.45, 2.75) is 39.3 Å². The molecule has 3 aromatic carbocycles. The first kappa shape index (κ1) is 32.0. The number of hydrogen-bond acceptors (Lipinski definition) is 6. The Labute approximate surface area is 263 Å². The Kier molecular flexibility index (Phi) is 8.38. The summed E-state index contributed by atoms with van der Waals surface area (Å²) < 4.78 is 98.8. The third-order valence-electron chi connectivity index (χ3n) is 8.11. The van der Waals surface area contributed by atoms with Crippen molar-refractivity contribution >= 4 is 17.0 Å². The number of rotatable bonds is 9. The van der Waals surface area contributed by atoms with Crippen molar-refractivity contribution in [3.05, 3.63) is 106 Å². The number of alkyl halides is 2. The first-order chi connectivity index (χ1) is 22.3. The molecule has 1 saturated heterocycles. The Bertz CT molecular complexity index is 2020. The van der Waals surface area contributed by atoms with Crippen molar-refractivity contribution in [3.63, 3.8) is 0 Å². The van der Waals surface area contributed by atoms with Crippen molar-refractivity contribution in [3.8, 4) is 17.3 Å². The van der Waals surface area contributed by atoms with Crippen molar-refractivity contribution in [1.82, 2.24) is 19.5 Å². The summed E-state index contributed by atoms with van der Waals surface area (Å²) in [6, 6.07) is 7.56. The summed E-state index contributed by atoms with van der Waals surface area (Å²) in [6.07, 6.45) is -1.88. The van der Waals surface area contributed by atoms with Crippen LogP contribution in [-0.2, 0) is 17.8 Å². The molecule has 8 nitrogen and oxygen atoms in total. The topological polar surface area (TPSA) is 99.4 Å². The van der Waals surface area contributed by atoms with Crippen LogP contribution in [0.1, 0.15) is 59.2 Å². The molecule has 0 radical (unpaired) electrons. The van der Waals surface area contributed by atoms with Crippen LogP contribution in [-0.4, -0.2) is 43.8 Å². The number of ether oxygens (including phenoxy) is 2. The Balaban J connectivity index is 1.31. The molecule has 14 heteroatoms. The molecule has 6 rings (SSSR count).